The lowest BCUT2D eigenvalue weighted by Crippen LogP contribution is -2.30. The van der Waals surface area contributed by atoms with Crippen LogP contribution in [0.5, 0.6) is 0 Å². The van der Waals surface area contributed by atoms with Crippen LogP contribution in [0.1, 0.15) is 11.4 Å². The summed E-state index contributed by atoms with van der Waals surface area (Å²) in [7, 11) is 0. The second-order valence-electron chi connectivity index (χ2n) is 5.56. The molecule has 130 valence electrons. The van der Waals surface area contributed by atoms with Crippen molar-refractivity contribution in [2.45, 2.75) is 19.6 Å². The number of imidazole rings is 1. The number of aliphatic hydroxyl groups excluding tert-OH is 1. The van der Waals surface area contributed by atoms with Gasteiger partial charge in [0, 0.05) is 12.1 Å². The maximum atomic E-state index is 13.6. The number of hydrogen-bond acceptors (Lipinski definition) is 3. The Bertz CT molecular complexity index is 888. The fourth-order valence-electron chi connectivity index (χ4n) is 2.72. The number of aliphatic hydroxyl groups is 1. The van der Waals surface area contributed by atoms with E-state index in [0.717, 1.165) is 5.52 Å². The summed E-state index contributed by atoms with van der Waals surface area (Å²) in [5.41, 5.74) is 1.38. The first-order chi connectivity index (χ1) is 12.1. The summed E-state index contributed by atoms with van der Waals surface area (Å²) in [5.74, 6) is -1.19. The van der Waals surface area contributed by atoms with Crippen molar-refractivity contribution in [1.29, 1.82) is 0 Å². The van der Waals surface area contributed by atoms with E-state index < -0.39 is 11.6 Å². The summed E-state index contributed by atoms with van der Waals surface area (Å²) in [5, 5.41) is 12.1. The van der Waals surface area contributed by atoms with Crippen LogP contribution >= 0.6 is 0 Å². The van der Waals surface area contributed by atoms with Crippen molar-refractivity contribution in [2.24, 2.45) is 0 Å². The van der Waals surface area contributed by atoms with Crippen LogP contribution in [0.25, 0.3) is 11.0 Å². The van der Waals surface area contributed by atoms with E-state index in [1.54, 1.807) is 10.6 Å². The highest BCUT2D eigenvalue weighted by Crippen LogP contribution is 2.16. The molecule has 1 amide bonds. The topological polar surface area (TPSA) is 67.2 Å². The van der Waals surface area contributed by atoms with Crippen molar-refractivity contribution < 1.29 is 18.7 Å². The first-order valence-electron chi connectivity index (χ1n) is 7.84. The number of nitrogens with one attached hydrogen (secondary N) is 1. The van der Waals surface area contributed by atoms with Crippen molar-refractivity contribution in [1.82, 2.24) is 14.9 Å². The zero-order chi connectivity index (χ0) is 17.8. The monoisotopic (exact) mass is 345 g/mol. The Morgan fingerprint density at radius 2 is 1.84 bits per heavy atom. The lowest BCUT2D eigenvalue weighted by atomic mass is 10.1. The molecular weight excluding hydrogens is 328 g/mol. The van der Waals surface area contributed by atoms with E-state index in [1.807, 2.05) is 18.2 Å². The molecular formula is C18H17F2N3O2. The number of rotatable bonds is 6. The number of carbonyl (C=O) groups is 1. The second kappa shape index (κ2) is 7.40. The number of nitrogens with zero attached hydrogens (tertiary/aromatic N) is 2. The van der Waals surface area contributed by atoms with Gasteiger partial charge in [-0.2, -0.15) is 0 Å². The summed E-state index contributed by atoms with van der Waals surface area (Å²) >= 11 is 0. The van der Waals surface area contributed by atoms with Gasteiger partial charge in [-0.05, 0) is 30.7 Å². The van der Waals surface area contributed by atoms with E-state index in [-0.39, 0.29) is 37.6 Å². The zero-order valence-corrected chi connectivity index (χ0v) is 13.4. The fraction of sp³-hybridized carbons (Fsp3) is 0.222. The highest BCUT2D eigenvalue weighted by atomic mass is 19.1. The van der Waals surface area contributed by atoms with E-state index in [2.05, 4.69) is 10.3 Å². The van der Waals surface area contributed by atoms with Crippen LogP contribution in [0.4, 0.5) is 8.78 Å². The Kier molecular flexibility index (Phi) is 5.04. The zero-order valence-electron chi connectivity index (χ0n) is 13.4. The Hall–Kier alpha value is -2.80. The fourth-order valence-corrected chi connectivity index (χ4v) is 2.72. The summed E-state index contributed by atoms with van der Waals surface area (Å²) in [6.45, 7) is -0.212. The molecule has 0 unspecified atom stereocenters. The van der Waals surface area contributed by atoms with Gasteiger partial charge in [0.2, 0.25) is 5.91 Å². The molecule has 2 N–H and O–H groups in total. The molecule has 0 spiro atoms. The van der Waals surface area contributed by atoms with Gasteiger partial charge in [0.25, 0.3) is 0 Å². The Morgan fingerprint density at radius 3 is 2.56 bits per heavy atom. The first kappa shape index (κ1) is 17.0. The number of aromatic nitrogens is 2. The number of amides is 1. The van der Waals surface area contributed by atoms with Gasteiger partial charge in [-0.25, -0.2) is 13.8 Å². The third-order valence-electron chi connectivity index (χ3n) is 3.94. The number of halogens is 2. The van der Waals surface area contributed by atoms with Gasteiger partial charge < -0.3 is 15.0 Å². The maximum absolute atomic E-state index is 13.6. The smallest absolute Gasteiger partial charge is 0.240 e. The molecule has 2 aromatic carbocycles. The summed E-state index contributed by atoms with van der Waals surface area (Å²) in [4.78, 5) is 16.4. The summed E-state index contributed by atoms with van der Waals surface area (Å²) in [6, 6.07) is 10.9. The minimum Gasteiger partial charge on any atom is -0.388 e. The molecule has 1 aromatic heterocycles. The van der Waals surface area contributed by atoms with E-state index in [9.17, 15) is 18.7 Å². The van der Waals surface area contributed by atoms with Gasteiger partial charge in [-0.15, -0.1) is 0 Å². The SMILES string of the molecule is O=C(Cn1c(CO)nc2ccccc21)NCCc1c(F)cccc1F. The van der Waals surface area contributed by atoms with Crippen molar-refractivity contribution in [2.75, 3.05) is 6.54 Å². The molecule has 0 aliphatic carbocycles. The van der Waals surface area contributed by atoms with Crippen LogP contribution in [-0.4, -0.2) is 27.1 Å². The van der Waals surface area contributed by atoms with Crippen LogP contribution in [-0.2, 0) is 24.4 Å². The number of para-hydroxylation sites is 2. The van der Waals surface area contributed by atoms with Gasteiger partial charge >= 0.3 is 0 Å². The van der Waals surface area contributed by atoms with Crippen molar-refractivity contribution >= 4 is 16.9 Å². The Balaban J connectivity index is 1.65. The molecule has 25 heavy (non-hydrogen) atoms. The predicted octanol–water partition coefficient (Wildman–Crippen LogP) is 2.17. The number of benzene rings is 2. The maximum Gasteiger partial charge on any atom is 0.240 e. The first-order valence-corrected chi connectivity index (χ1v) is 7.84. The number of carbonyl (C=O) groups excluding carboxylic acids is 1. The normalized spacial score (nSPS) is 11.0. The van der Waals surface area contributed by atoms with E-state index >= 15 is 0 Å². The summed E-state index contributed by atoms with van der Waals surface area (Å²) in [6.07, 6.45) is 0.0573. The van der Waals surface area contributed by atoms with Gasteiger partial charge in [-0.3, -0.25) is 4.79 Å². The van der Waals surface area contributed by atoms with Crippen molar-refractivity contribution in [3.63, 3.8) is 0 Å². The van der Waals surface area contributed by atoms with E-state index in [0.29, 0.717) is 11.3 Å². The van der Waals surface area contributed by atoms with Crippen LogP contribution < -0.4 is 5.32 Å². The Labute approximate surface area is 142 Å². The lowest BCUT2D eigenvalue weighted by molar-refractivity contribution is -0.121. The van der Waals surface area contributed by atoms with E-state index in [1.165, 1.54) is 18.2 Å². The van der Waals surface area contributed by atoms with Crippen molar-refractivity contribution in [3.8, 4) is 0 Å². The van der Waals surface area contributed by atoms with Crippen LogP contribution in [0, 0.1) is 11.6 Å². The van der Waals surface area contributed by atoms with E-state index in [4.69, 9.17) is 0 Å². The second-order valence-corrected chi connectivity index (χ2v) is 5.56. The average Bonchev–Trinajstić information content (AvgIpc) is 2.95. The average molecular weight is 345 g/mol. The van der Waals surface area contributed by atoms with Gasteiger partial charge in [0.1, 0.15) is 30.6 Å². The molecule has 0 fully saturated rings. The molecule has 0 radical (unpaired) electrons. The Morgan fingerprint density at radius 1 is 1.12 bits per heavy atom. The molecule has 0 atom stereocenters. The third kappa shape index (κ3) is 3.66. The molecule has 0 saturated heterocycles. The predicted molar refractivity (Wildman–Crippen MR) is 88.7 cm³/mol. The highest BCUT2D eigenvalue weighted by molar-refractivity contribution is 5.81. The number of hydrogen-bond donors (Lipinski definition) is 2. The third-order valence-corrected chi connectivity index (χ3v) is 3.94. The molecule has 0 bridgehead atoms. The minimum atomic E-state index is -0.627. The molecule has 5 nitrogen and oxygen atoms in total. The molecule has 1 heterocycles. The molecule has 0 aliphatic heterocycles. The quantitative estimate of drug-likeness (QED) is 0.719. The van der Waals surface area contributed by atoms with Crippen LogP contribution in [0.2, 0.25) is 0 Å². The number of fused-ring (bicyclic) bond motifs is 1. The minimum absolute atomic E-state index is 0.0316. The van der Waals surface area contributed by atoms with Crippen molar-refractivity contribution in [3.05, 3.63) is 65.5 Å². The molecule has 3 rings (SSSR count). The van der Waals surface area contributed by atoms with Crippen LogP contribution in [0.3, 0.4) is 0 Å². The van der Waals surface area contributed by atoms with Crippen LogP contribution in [0.15, 0.2) is 42.5 Å². The highest BCUT2D eigenvalue weighted by Gasteiger charge is 2.13. The molecule has 7 heteroatoms. The van der Waals surface area contributed by atoms with Gasteiger partial charge in [-0.1, -0.05) is 18.2 Å². The largest absolute Gasteiger partial charge is 0.388 e. The van der Waals surface area contributed by atoms with Gasteiger partial charge in [0.15, 0.2) is 0 Å². The standard InChI is InChI=1S/C18H17F2N3O2/c19-13-4-3-5-14(20)12(13)8-9-21-18(25)10-23-16-7-2-1-6-15(16)22-17(23)11-24/h1-7,24H,8-11H2,(H,21,25). The summed E-state index contributed by atoms with van der Waals surface area (Å²) < 4.78 is 28.7. The molecule has 0 saturated carbocycles. The molecule has 0 aliphatic rings. The van der Waals surface area contributed by atoms with Gasteiger partial charge in [0.05, 0.1) is 11.0 Å². The lowest BCUT2D eigenvalue weighted by Gasteiger charge is -2.10. The molecule has 3 aromatic rings.